The molecule has 5 rings (SSSR count). The first-order valence-corrected chi connectivity index (χ1v) is 11.0. The van der Waals surface area contributed by atoms with Crippen molar-refractivity contribution in [3.8, 4) is 11.1 Å². The van der Waals surface area contributed by atoms with Gasteiger partial charge in [-0.05, 0) is 74.5 Å². The summed E-state index contributed by atoms with van der Waals surface area (Å²) < 4.78 is 5.79. The van der Waals surface area contributed by atoms with Gasteiger partial charge in [0.05, 0.1) is 5.54 Å². The van der Waals surface area contributed by atoms with Crippen molar-refractivity contribution >= 4 is 12.0 Å². The van der Waals surface area contributed by atoms with Gasteiger partial charge in [0, 0.05) is 19.2 Å². The summed E-state index contributed by atoms with van der Waals surface area (Å²) >= 11 is 0. The zero-order chi connectivity index (χ0) is 22.0. The molecular weight excluding hydrogens is 390 g/mol. The van der Waals surface area contributed by atoms with Crippen molar-refractivity contribution in [2.75, 3.05) is 26.7 Å². The average Bonchev–Trinajstić information content (AvgIpc) is 2.79. The minimum absolute atomic E-state index is 0.00145. The molecule has 0 aliphatic carbocycles. The molecule has 31 heavy (non-hydrogen) atoms. The van der Waals surface area contributed by atoms with Crippen LogP contribution in [0.15, 0.2) is 48.5 Å². The molecule has 3 heterocycles. The van der Waals surface area contributed by atoms with E-state index in [-0.39, 0.29) is 18.1 Å². The summed E-state index contributed by atoms with van der Waals surface area (Å²) in [7, 11) is 1.62. The molecule has 3 saturated heterocycles. The lowest BCUT2D eigenvalue weighted by molar-refractivity contribution is -0.0349. The van der Waals surface area contributed by atoms with Crippen LogP contribution in [0, 0.1) is 5.92 Å². The first-order chi connectivity index (χ1) is 14.9. The smallest absolute Gasteiger partial charge is 0.408 e. The van der Waals surface area contributed by atoms with Crippen LogP contribution in [0.5, 0.6) is 0 Å². The molecule has 2 aromatic carbocycles. The minimum Gasteiger partial charge on any atom is -0.445 e. The SMILES string of the molecule is CNC(=O)c1ccc(-c2ccc(C(C)(C)NC(=O)OC3CN4CCC3CC4)cc2)cc1. The largest absolute Gasteiger partial charge is 0.445 e. The van der Waals surface area contributed by atoms with Crippen LogP contribution in [0.25, 0.3) is 11.1 Å². The van der Waals surface area contributed by atoms with Crippen LogP contribution in [-0.4, -0.2) is 49.7 Å². The molecule has 6 heteroatoms. The average molecular weight is 422 g/mol. The van der Waals surface area contributed by atoms with Gasteiger partial charge in [-0.15, -0.1) is 0 Å². The molecular formula is C25H31N3O3. The number of carbonyl (C=O) groups excluding carboxylic acids is 2. The topological polar surface area (TPSA) is 70.7 Å². The Labute approximate surface area is 184 Å². The van der Waals surface area contributed by atoms with Crippen LogP contribution in [0.2, 0.25) is 0 Å². The van der Waals surface area contributed by atoms with Gasteiger partial charge in [-0.1, -0.05) is 36.4 Å². The number of nitrogens with one attached hydrogen (secondary N) is 2. The quantitative estimate of drug-likeness (QED) is 0.771. The van der Waals surface area contributed by atoms with Crippen LogP contribution >= 0.6 is 0 Å². The zero-order valence-electron chi connectivity index (χ0n) is 18.5. The highest BCUT2D eigenvalue weighted by molar-refractivity contribution is 5.94. The second kappa shape index (κ2) is 8.71. The van der Waals surface area contributed by atoms with Crippen LogP contribution in [0.3, 0.4) is 0 Å². The lowest BCUT2D eigenvalue weighted by Gasteiger charge is -2.44. The normalized spacial score (nSPS) is 22.6. The maximum absolute atomic E-state index is 12.6. The van der Waals surface area contributed by atoms with E-state index in [1.165, 1.54) is 0 Å². The molecule has 6 nitrogen and oxygen atoms in total. The van der Waals surface area contributed by atoms with E-state index in [1.807, 2.05) is 62.4 Å². The molecule has 0 aromatic heterocycles. The van der Waals surface area contributed by atoms with E-state index in [1.54, 1.807) is 7.05 Å². The number of ether oxygens (including phenoxy) is 1. The summed E-state index contributed by atoms with van der Waals surface area (Å²) in [5, 5.41) is 5.67. The van der Waals surface area contributed by atoms with Gasteiger partial charge in [-0.2, -0.15) is 0 Å². The van der Waals surface area contributed by atoms with Crippen molar-refractivity contribution in [2.45, 2.75) is 38.3 Å². The number of nitrogens with zero attached hydrogens (tertiary/aromatic N) is 1. The maximum Gasteiger partial charge on any atom is 0.408 e. The van der Waals surface area contributed by atoms with E-state index in [9.17, 15) is 9.59 Å². The lowest BCUT2D eigenvalue weighted by Crippen LogP contribution is -2.53. The number of rotatable bonds is 5. The van der Waals surface area contributed by atoms with Gasteiger partial charge in [-0.25, -0.2) is 4.79 Å². The van der Waals surface area contributed by atoms with Gasteiger partial charge < -0.3 is 15.4 Å². The monoisotopic (exact) mass is 421 g/mol. The number of fused-ring (bicyclic) bond motifs is 3. The molecule has 164 valence electrons. The van der Waals surface area contributed by atoms with E-state index >= 15 is 0 Å². The lowest BCUT2D eigenvalue weighted by atomic mass is 9.86. The minimum atomic E-state index is -0.549. The Morgan fingerprint density at radius 1 is 0.968 bits per heavy atom. The van der Waals surface area contributed by atoms with E-state index in [2.05, 4.69) is 15.5 Å². The summed E-state index contributed by atoms with van der Waals surface area (Å²) in [6.07, 6.45) is 1.89. The molecule has 0 saturated carbocycles. The first kappa shape index (κ1) is 21.4. The highest BCUT2D eigenvalue weighted by atomic mass is 16.6. The van der Waals surface area contributed by atoms with Gasteiger partial charge in [0.2, 0.25) is 0 Å². The van der Waals surface area contributed by atoms with Crippen molar-refractivity contribution in [2.24, 2.45) is 5.92 Å². The molecule has 2 bridgehead atoms. The molecule has 3 aliphatic rings. The molecule has 1 atom stereocenters. The Morgan fingerprint density at radius 2 is 1.55 bits per heavy atom. The van der Waals surface area contributed by atoms with Crippen molar-refractivity contribution in [3.63, 3.8) is 0 Å². The predicted molar refractivity (Wildman–Crippen MR) is 121 cm³/mol. The third-order valence-corrected chi connectivity index (χ3v) is 6.58. The van der Waals surface area contributed by atoms with Crippen molar-refractivity contribution < 1.29 is 14.3 Å². The van der Waals surface area contributed by atoms with Crippen LogP contribution in [0.4, 0.5) is 4.79 Å². The Bertz CT molecular complexity index is 929. The van der Waals surface area contributed by atoms with Crippen molar-refractivity contribution in [1.29, 1.82) is 0 Å². The number of hydrogen-bond acceptors (Lipinski definition) is 4. The molecule has 0 radical (unpaired) electrons. The highest BCUT2D eigenvalue weighted by Crippen LogP contribution is 2.30. The molecule has 2 aromatic rings. The molecule has 0 spiro atoms. The Hall–Kier alpha value is -2.86. The standard InChI is InChI=1S/C25H31N3O3/c1-25(2,27-24(30)31-22-16-28-14-12-19(22)13-15-28)21-10-8-18(9-11-21)17-4-6-20(7-5-17)23(29)26-3/h4-11,19,22H,12-16H2,1-3H3,(H,26,29)(H,27,30). The van der Waals surface area contributed by atoms with Gasteiger partial charge in [0.1, 0.15) is 6.10 Å². The maximum atomic E-state index is 12.6. The summed E-state index contributed by atoms with van der Waals surface area (Å²) in [6, 6.07) is 15.6. The Kier molecular flexibility index (Phi) is 6.01. The fourth-order valence-electron chi connectivity index (χ4n) is 4.58. The molecule has 1 unspecified atom stereocenters. The highest BCUT2D eigenvalue weighted by Gasteiger charge is 2.37. The second-order valence-electron chi connectivity index (χ2n) is 9.07. The van der Waals surface area contributed by atoms with Gasteiger partial charge in [0.15, 0.2) is 0 Å². The van der Waals surface area contributed by atoms with E-state index < -0.39 is 5.54 Å². The van der Waals surface area contributed by atoms with E-state index in [4.69, 9.17) is 4.74 Å². The number of alkyl carbamates (subject to hydrolysis) is 1. The van der Waals surface area contributed by atoms with Crippen LogP contribution in [0.1, 0.15) is 42.6 Å². The number of hydrogen-bond donors (Lipinski definition) is 2. The summed E-state index contributed by atoms with van der Waals surface area (Å²) in [4.78, 5) is 26.7. The molecule has 2 N–H and O–H groups in total. The van der Waals surface area contributed by atoms with E-state index in [0.29, 0.717) is 11.5 Å². The number of carbonyl (C=O) groups is 2. The number of amides is 2. The first-order valence-electron chi connectivity index (χ1n) is 11.0. The van der Waals surface area contributed by atoms with Gasteiger partial charge in [-0.3, -0.25) is 9.69 Å². The summed E-state index contributed by atoms with van der Waals surface area (Å²) in [5.74, 6) is 0.396. The van der Waals surface area contributed by atoms with Gasteiger partial charge >= 0.3 is 6.09 Å². The fourth-order valence-corrected chi connectivity index (χ4v) is 4.58. The summed E-state index contributed by atoms with van der Waals surface area (Å²) in [6.45, 7) is 7.07. The number of piperidine rings is 3. The number of benzene rings is 2. The third kappa shape index (κ3) is 4.74. The molecule has 2 amide bonds. The Morgan fingerprint density at radius 3 is 2.06 bits per heavy atom. The van der Waals surface area contributed by atoms with E-state index in [0.717, 1.165) is 49.2 Å². The zero-order valence-corrected chi connectivity index (χ0v) is 18.5. The van der Waals surface area contributed by atoms with Crippen LogP contribution < -0.4 is 10.6 Å². The predicted octanol–water partition coefficient (Wildman–Crippen LogP) is 3.77. The fraction of sp³-hybridized carbons (Fsp3) is 0.440. The van der Waals surface area contributed by atoms with Gasteiger partial charge in [0.25, 0.3) is 5.91 Å². The third-order valence-electron chi connectivity index (χ3n) is 6.58. The molecule has 3 fully saturated rings. The second-order valence-corrected chi connectivity index (χ2v) is 9.07. The van der Waals surface area contributed by atoms with Crippen LogP contribution in [-0.2, 0) is 10.3 Å². The Balaban J connectivity index is 1.39. The van der Waals surface area contributed by atoms with Crippen molar-refractivity contribution in [1.82, 2.24) is 15.5 Å². The molecule has 3 aliphatic heterocycles. The summed E-state index contributed by atoms with van der Waals surface area (Å²) in [5.41, 5.74) is 3.18. The van der Waals surface area contributed by atoms with Crippen molar-refractivity contribution in [3.05, 3.63) is 59.7 Å².